The Morgan fingerprint density at radius 2 is 1.30 bits per heavy atom. The predicted molar refractivity (Wildman–Crippen MR) is 154 cm³/mol. The number of carboxylic acid groups (broad SMARTS) is 1. The fourth-order valence-corrected chi connectivity index (χ4v) is 9.19. The first-order chi connectivity index (χ1) is 19.3. The van der Waals surface area contributed by atoms with Crippen molar-refractivity contribution in [1.29, 1.82) is 0 Å². The molecule has 0 aliphatic carbocycles. The number of nitrogens with two attached hydrogens (primary N) is 1. The summed E-state index contributed by atoms with van der Waals surface area (Å²) in [5, 5.41) is 22.3. The average Bonchev–Trinajstić information content (AvgIpc) is 3.66. The maximum absolute atomic E-state index is 13.3. The van der Waals surface area contributed by atoms with Crippen LogP contribution in [-0.4, -0.2) is 98.6 Å². The van der Waals surface area contributed by atoms with Crippen LogP contribution in [0.2, 0.25) is 0 Å². The van der Waals surface area contributed by atoms with Crippen LogP contribution in [0.5, 0.6) is 0 Å². The summed E-state index contributed by atoms with van der Waals surface area (Å²) < 4.78 is 0. The Labute approximate surface area is 243 Å². The summed E-state index contributed by atoms with van der Waals surface area (Å²) in [7, 11) is 0. The molecule has 4 heterocycles. The molecule has 4 rings (SSSR count). The van der Waals surface area contributed by atoms with Gasteiger partial charge in [0.1, 0.15) is 6.04 Å². The van der Waals surface area contributed by atoms with Crippen molar-refractivity contribution in [2.24, 2.45) is 5.73 Å². The van der Waals surface area contributed by atoms with Crippen molar-refractivity contribution in [2.45, 2.75) is 111 Å². The Kier molecular flexibility index (Phi) is 11.2. The van der Waals surface area contributed by atoms with E-state index in [2.05, 4.69) is 21.3 Å². The van der Waals surface area contributed by atoms with Gasteiger partial charge in [-0.05, 0) is 51.5 Å². The molecule has 4 aliphatic rings. The van der Waals surface area contributed by atoms with Crippen LogP contribution in [0.3, 0.4) is 0 Å². The normalized spacial score (nSPS) is 29.1. The van der Waals surface area contributed by atoms with Gasteiger partial charge in [-0.15, -0.1) is 0 Å². The second-order valence-electron chi connectivity index (χ2n) is 11.0. The summed E-state index contributed by atoms with van der Waals surface area (Å²) >= 11 is 3.62. The van der Waals surface area contributed by atoms with Gasteiger partial charge in [0.25, 0.3) is 0 Å². The zero-order chi connectivity index (χ0) is 28.6. The average molecular weight is 599 g/mol. The number of urea groups is 2. The molecule has 7 N–H and O–H groups in total. The number of nitrogens with zero attached hydrogens (tertiary/aromatic N) is 1. The maximum Gasteiger partial charge on any atom is 0.326 e. The minimum absolute atomic E-state index is 0.0972. The highest BCUT2D eigenvalue weighted by molar-refractivity contribution is 8.00. The number of carboxylic acids is 1. The van der Waals surface area contributed by atoms with Crippen molar-refractivity contribution in [3.8, 4) is 0 Å². The smallest absolute Gasteiger partial charge is 0.326 e. The summed E-state index contributed by atoms with van der Waals surface area (Å²) in [6.07, 6.45) is 5.83. The van der Waals surface area contributed by atoms with Crippen LogP contribution in [0.1, 0.15) is 70.6 Å². The molecule has 12 nitrogen and oxygen atoms in total. The van der Waals surface area contributed by atoms with Gasteiger partial charge < -0.3 is 32.1 Å². The summed E-state index contributed by atoms with van der Waals surface area (Å²) in [5.74, 6) is -0.317. The largest absolute Gasteiger partial charge is 0.480 e. The van der Waals surface area contributed by atoms with Crippen LogP contribution in [0.25, 0.3) is 0 Å². The third-order valence-corrected chi connectivity index (χ3v) is 11.2. The van der Waals surface area contributed by atoms with Gasteiger partial charge in [0.2, 0.25) is 11.8 Å². The Hall–Kier alpha value is -2.19. The molecule has 0 aromatic heterocycles. The number of fused-ring (bicyclic) bond motifs is 2. The van der Waals surface area contributed by atoms with E-state index in [0.29, 0.717) is 32.2 Å². The lowest BCUT2D eigenvalue weighted by Gasteiger charge is -2.28. The number of carbonyl (C=O) groups excluding carboxylic acids is 4. The molecule has 0 saturated carbocycles. The molecule has 0 aromatic carbocycles. The highest BCUT2D eigenvalue weighted by Gasteiger charge is 2.43. The number of unbranched alkanes of at least 4 members (excludes halogenated alkanes) is 3. The molecule has 6 amide bonds. The number of carbonyl (C=O) groups is 5. The molecule has 0 radical (unpaired) electrons. The summed E-state index contributed by atoms with van der Waals surface area (Å²) in [4.78, 5) is 62.9. The van der Waals surface area contributed by atoms with Crippen LogP contribution in [-0.2, 0) is 14.4 Å². The van der Waals surface area contributed by atoms with Crippen molar-refractivity contribution in [3.63, 3.8) is 0 Å². The van der Waals surface area contributed by atoms with Gasteiger partial charge in [0.15, 0.2) is 0 Å². The molecule has 14 heteroatoms. The molecular weight excluding hydrogens is 556 g/mol. The first kappa shape index (κ1) is 30.8. The highest BCUT2D eigenvalue weighted by Crippen LogP contribution is 2.34. The Bertz CT molecular complexity index is 897. The number of thioether (sulfide) groups is 2. The topological polar surface area (TPSA) is 183 Å². The summed E-state index contributed by atoms with van der Waals surface area (Å²) in [6.45, 7) is 0.419. The molecular formula is C26H42N6O6S2. The third kappa shape index (κ3) is 7.75. The van der Waals surface area contributed by atoms with Crippen LogP contribution in [0, 0.1) is 0 Å². The number of rotatable bonds is 16. The van der Waals surface area contributed by atoms with Crippen molar-refractivity contribution in [1.82, 2.24) is 26.2 Å². The van der Waals surface area contributed by atoms with Gasteiger partial charge in [-0.25, -0.2) is 14.4 Å². The van der Waals surface area contributed by atoms with Crippen molar-refractivity contribution in [2.75, 3.05) is 18.1 Å². The Balaban J connectivity index is 1.26. The van der Waals surface area contributed by atoms with Crippen LogP contribution in [0.15, 0.2) is 0 Å². The van der Waals surface area contributed by atoms with E-state index in [0.717, 1.165) is 42.1 Å². The highest BCUT2D eigenvalue weighted by atomic mass is 32.2. The summed E-state index contributed by atoms with van der Waals surface area (Å²) in [5.41, 5.74) is 5.58. The lowest BCUT2D eigenvalue weighted by molar-refractivity contribution is -0.158. The van der Waals surface area contributed by atoms with Gasteiger partial charge in [0.05, 0.1) is 24.2 Å². The minimum atomic E-state index is -1.19. The fourth-order valence-electron chi connectivity index (χ4n) is 6.10. The third-order valence-electron chi connectivity index (χ3n) is 8.20. The van der Waals surface area contributed by atoms with E-state index in [1.165, 1.54) is 0 Å². The predicted octanol–water partition coefficient (Wildman–Crippen LogP) is 1.38. The molecule has 0 unspecified atom stereocenters. The van der Waals surface area contributed by atoms with E-state index in [9.17, 15) is 29.1 Å². The van der Waals surface area contributed by atoms with Gasteiger partial charge in [-0.3, -0.25) is 14.5 Å². The number of amides is 6. The number of imide groups is 1. The molecule has 224 valence electrons. The molecule has 0 bridgehead atoms. The zero-order valence-corrected chi connectivity index (χ0v) is 24.4. The van der Waals surface area contributed by atoms with Crippen molar-refractivity contribution < 1.29 is 29.1 Å². The minimum Gasteiger partial charge on any atom is -0.480 e. The number of nitrogens with one attached hydrogen (secondary N) is 4. The Morgan fingerprint density at radius 3 is 1.75 bits per heavy atom. The number of aliphatic carboxylic acids is 1. The monoisotopic (exact) mass is 598 g/mol. The van der Waals surface area contributed by atoms with E-state index < -0.39 is 23.8 Å². The first-order valence-electron chi connectivity index (χ1n) is 14.4. The van der Waals surface area contributed by atoms with Gasteiger partial charge in [-0.2, -0.15) is 23.5 Å². The molecule has 4 saturated heterocycles. The number of hydrogen-bond donors (Lipinski definition) is 6. The van der Waals surface area contributed by atoms with E-state index in [1.807, 2.05) is 23.5 Å². The second kappa shape index (κ2) is 14.6. The maximum atomic E-state index is 13.3. The van der Waals surface area contributed by atoms with E-state index in [-0.39, 0.29) is 66.0 Å². The van der Waals surface area contributed by atoms with Gasteiger partial charge in [-0.1, -0.05) is 12.8 Å². The molecule has 4 fully saturated rings. The van der Waals surface area contributed by atoms with Crippen molar-refractivity contribution >= 4 is 53.4 Å². The standard InChI is InChI=1S/C26H42N6O6S2/c27-12-6-5-7-17(24(35)36)32(20(33)10-3-1-8-18-22-15(13-39-18)28-25(37)30-22)21(34)11-4-2-9-19-23-16(14-40-19)29-26(38)31-23/h15-19,22-23H,1-14,27H2,(H,35,36)(H2,28,30,37)(H2,29,31,38)/t15-,16-,17-,18-,19-,22-,23-/m0/s1. The molecule has 4 aliphatic heterocycles. The van der Waals surface area contributed by atoms with Crippen molar-refractivity contribution in [3.05, 3.63) is 0 Å². The van der Waals surface area contributed by atoms with E-state index >= 15 is 0 Å². The summed E-state index contributed by atoms with van der Waals surface area (Å²) in [6, 6.07) is -0.975. The second-order valence-corrected chi connectivity index (χ2v) is 13.6. The SMILES string of the molecule is NCCCC[C@@H](C(=O)O)N(C(=O)CCCC[C@@H]1SC[C@@H]2NC(=O)N[C@@H]21)C(=O)CCCC[C@@H]1SC[C@@H]2NC(=O)N[C@@H]21. The van der Waals surface area contributed by atoms with Gasteiger partial charge in [0, 0.05) is 34.8 Å². The zero-order valence-electron chi connectivity index (χ0n) is 22.8. The Morgan fingerprint density at radius 1 is 0.800 bits per heavy atom. The lowest BCUT2D eigenvalue weighted by Crippen LogP contribution is -2.48. The molecule has 0 spiro atoms. The quantitative estimate of drug-likeness (QED) is 0.113. The molecule has 7 atom stereocenters. The molecule has 0 aromatic rings. The molecule has 40 heavy (non-hydrogen) atoms. The van der Waals surface area contributed by atoms with E-state index in [1.54, 1.807) is 0 Å². The first-order valence-corrected chi connectivity index (χ1v) is 16.5. The van der Waals surface area contributed by atoms with Crippen LogP contribution >= 0.6 is 23.5 Å². The van der Waals surface area contributed by atoms with Gasteiger partial charge >= 0.3 is 18.0 Å². The van der Waals surface area contributed by atoms with E-state index in [4.69, 9.17) is 5.73 Å². The van der Waals surface area contributed by atoms with Crippen LogP contribution < -0.4 is 27.0 Å². The van der Waals surface area contributed by atoms with Crippen LogP contribution in [0.4, 0.5) is 9.59 Å². The number of hydrogen-bond acceptors (Lipinski definition) is 8. The lowest BCUT2D eigenvalue weighted by atomic mass is 10.0. The fraction of sp³-hybridized carbons (Fsp3) is 0.808.